The average molecular weight is 209 g/mol. The number of hydrogen-bond acceptors (Lipinski definition) is 3. The van der Waals surface area contributed by atoms with Gasteiger partial charge in [-0.1, -0.05) is 0 Å². The molecule has 1 rings (SSSR count). The van der Waals surface area contributed by atoms with Crippen molar-refractivity contribution >= 4 is 9.84 Å². The molecule has 1 heterocycles. The zero-order valence-corrected chi connectivity index (χ0v) is 8.82. The Morgan fingerprint density at radius 1 is 1.46 bits per heavy atom. The lowest BCUT2D eigenvalue weighted by Crippen LogP contribution is -2.59. The minimum absolute atomic E-state index is 0.0920. The van der Waals surface area contributed by atoms with E-state index in [2.05, 4.69) is 0 Å². The number of rotatable bonds is 1. The average Bonchev–Trinajstić information content (AvgIpc) is 1.80. The topological polar surface area (TPSA) is 60.2 Å². The summed E-state index contributed by atoms with van der Waals surface area (Å²) in [6.07, 6.45) is 0.620. The molecule has 1 atom stereocenters. The van der Waals surface area contributed by atoms with Crippen LogP contribution in [0.3, 0.4) is 0 Å². The first-order valence-corrected chi connectivity index (χ1v) is 6.17. The second-order valence-electron chi connectivity index (χ2n) is 4.38. The molecule has 1 fully saturated rings. The van der Waals surface area contributed by atoms with Crippen molar-refractivity contribution in [3.63, 3.8) is 0 Å². The van der Waals surface area contributed by atoms with Crippen LogP contribution in [-0.2, 0) is 9.84 Å². The van der Waals surface area contributed by atoms with Gasteiger partial charge < -0.3 is 5.73 Å². The Morgan fingerprint density at radius 2 is 2.00 bits per heavy atom. The Kier molecular flexibility index (Phi) is 2.45. The van der Waals surface area contributed by atoms with Crippen molar-refractivity contribution in [2.24, 2.45) is 5.73 Å². The maximum Gasteiger partial charge on any atom is 0.153 e. The number of sulfone groups is 1. The smallest absolute Gasteiger partial charge is 0.153 e. The van der Waals surface area contributed by atoms with E-state index in [-0.39, 0.29) is 12.2 Å². The lowest BCUT2D eigenvalue weighted by Gasteiger charge is -2.39. The molecule has 0 aromatic rings. The highest BCUT2D eigenvalue weighted by atomic mass is 32.2. The van der Waals surface area contributed by atoms with Gasteiger partial charge in [0.1, 0.15) is 5.67 Å². The van der Waals surface area contributed by atoms with Crippen LogP contribution in [-0.4, -0.2) is 31.1 Å². The van der Waals surface area contributed by atoms with Gasteiger partial charge in [-0.15, -0.1) is 0 Å². The molecule has 13 heavy (non-hydrogen) atoms. The highest BCUT2D eigenvalue weighted by Gasteiger charge is 2.48. The molecule has 1 aliphatic rings. The molecule has 2 N–H and O–H groups in total. The third-order valence-corrected chi connectivity index (χ3v) is 4.44. The van der Waals surface area contributed by atoms with Gasteiger partial charge in [-0.2, -0.15) is 0 Å². The molecule has 0 aromatic heterocycles. The molecule has 0 bridgehead atoms. The number of halogens is 1. The fourth-order valence-electron chi connectivity index (χ4n) is 1.57. The zero-order chi connectivity index (χ0) is 10.3. The van der Waals surface area contributed by atoms with E-state index in [0.717, 1.165) is 0 Å². The molecule has 78 valence electrons. The van der Waals surface area contributed by atoms with E-state index in [1.54, 1.807) is 0 Å². The van der Waals surface area contributed by atoms with Crippen LogP contribution in [0.1, 0.15) is 26.7 Å². The second-order valence-corrected chi connectivity index (χ2v) is 6.57. The molecule has 3 nitrogen and oxygen atoms in total. The van der Waals surface area contributed by atoms with Gasteiger partial charge in [0.15, 0.2) is 9.84 Å². The summed E-state index contributed by atoms with van der Waals surface area (Å²) < 4.78 is 36.5. The molecule has 1 aliphatic heterocycles. The summed E-state index contributed by atoms with van der Waals surface area (Å²) in [5.74, 6) is -0.335. The molecular weight excluding hydrogens is 193 g/mol. The largest absolute Gasteiger partial charge is 0.323 e. The summed E-state index contributed by atoms with van der Waals surface area (Å²) in [5, 5.41) is 0. The summed E-state index contributed by atoms with van der Waals surface area (Å²) in [7, 11) is -3.23. The van der Waals surface area contributed by atoms with Crippen molar-refractivity contribution < 1.29 is 12.8 Å². The third-order valence-electron chi connectivity index (χ3n) is 2.63. The van der Waals surface area contributed by atoms with Gasteiger partial charge in [0.2, 0.25) is 0 Å². The van der Waals surface area contributed by atoms with Crippen LogP contribution < -0.4 is 5.73 Å². The van der Waals surface area contributed by atoms with Gasteiger partial charge in [0, 0.05) is 5.54 Å². The molecule has 0 spiro atoms. The minimum Gasteiger partial charge on any atom is -0.323 e. The molecule has 5 heteroatoms. The van der Waals surface area contributed by atoms with Gasteiger partial charge in [-0.25, -0.2) is 12.8 Å². The zero-order valence-electron chi connectivity index (χ0n) is 8.01. The maximum absolute atomic E-state index is 14.1. The van der Waals surface area contributed by atoms with E-state index < -0.39 is 26.8 Å². The standard InChI is InChI=1S/C8H16FNO2S/c1-7(2,10)8(9)4-3-5-13(11,12)6-8/h3-6,10H2,1-2H3. The van der Waals surface area contributed by atoms with Gasteiger partial charge in [0.25, 0.3) is 0 Å². The summed E-state index contributed by atoms with van der Waals surface area (Å²) in [4.78, 5) is 0. The van der Waals surface area contributed by atoms with Crippen molar-refractivity contribution in [1.82, 2.24) is 0 Å². The first kappa shape index (κ1) is 10.9. The van der Waals surface area contributed by atoms with E-state index in [9.17, 15) is 12.8 Å². The Bertz CT molecular complexity index is 294. The van der Waals surface area contributed by atoms with Crippen LogP contribution in [0.2, 0.25) is 0 Å². The molecular formula is C8H16FNO2S. The molecule has 0 radical (unpaired) electrons. The second kappa shape index (κ2) is 2.92. The quantitative estimate of drug-likeness (QED) is 0.689. The minimum atomic E-state index is -3.23. The lowest BCUT2D eigenvalue weighted by atomic mass is 9.83. The normalized spacial score (nSPS) is 34.5. The molecule has 1 unspecified atom stereocenters. The van der Waals surface area contributed by atoms with Crippen LogP contribution in [0.5, 0.6) is 0 Å². The van der Waals surface area contributed by atoms with Gasteiger partial charge in [-0.3, -0.25) is 0 Å². The van der Waals surface area contributed by atoms with Crippen molar-refractivity contribution in [3.8, 4) is 0 Å². The van der Waals surface area contributed by atoms with Crippen molar-refractivity contribution in [2.75, 3.05) is 11.5 Å². The number of alkyl halides is 1. The first-order valence-electron chi connectivity index (χ1n) is 4.35. The third kappa shape index (κ3) is 2.20. The van der Waals surface area contributed by atoms with Crippen LogP contribution in [0.4, 0.5) is 4.39 Å². The Hall–Kier alpha value is -0.160. The lowest BCUT2D eigenvalue weighted by molar-refractivity contribution is 0.0849. The predicted octanol–water partition coefficient (Wildman–Crippen LogP) is 0.641. The molecule has 0 aromatic carbocycles. The highest BCUT2D eigenvalue weighted by molar-refractivity contribution is 7.91. The van der Waals surface area contributed by atoms with E-state index in [4.69, 9.17) is 5.73 Å². The van der Waals surface area contributed by atoms with E-state index in [0.29, 0.717) is 6.42 Å². The Morgan fingerprint density at radius 3 is 2.31 bits per heavy atom. The van der Waals surface area contributed by atoms with Crippen LogP contribution in [0.25, 0.3) is 0 Å². The van der Waals surface area contributed by atoms with E-state index in [1.165, 1.54) is 13.8 Å². The summed E-state index contributed by atoms with van der Waals surface area (Å²) >= 11 is 0. The summed E-state index contributed by atoms with van der Waals surface area (Å²) in [6, 6.07) is 0. The van der Waals surface area contributed by atoms with E-state index >= 15 is 0 Å². The number of hydrogen-bond donors (Lipinski definition) is 1. The molecule has 1 saturated heterocycles. The highest BCUT2D eigenvalue weighted by Crippen LogP contribution is 2.34. The molecule has 0 saturated carbocycles. The van der Waals surface area contributed by atoms with Crippen molar-refractivity contribution in [2.45, 2.75) is 37.9 Å². The van der Waals surface area contributed by atoms with Crippen LogP contribution in [0.15, 0.2) is 0 Å². The predicted molar refractivity (Wildman–Crippen MR) is 50.0 cm³/mol. The molecule has 0 aliphatic carbocycles. The summed E-state index contributed by atoms with van der Waals surface area (Å²) in [6.45, 7) is 3.07. The monoisotopic (exact) mass is 209 g/mol. The maximum atomic E-state index is 14.1. The molecule has 0 amide bonds. The van der Waals surface area contributed by atoms with Crippen LogP contribution >= 0.6 is 0 Å². The van der Waals surface area contributed by atoms with Crippen LogP contribution in [0, 0.1) is 0 Å². The summed E-state index contributed by atoms with van der Waals surface area (Å²) in [5.41, 5.74) is 2.78. The Balaban J connectivity index is 2.94. The fourth-order valence-corrected chi connectivity index (χ4v) is 3.52. The number of nitrogens with two attached hydrogens (primary N) is 1. The Labute approximate surface area is 78.4 Å². The first-order chi connectivity index (χ1) is 5.66. The fraction of sp³-hybridized carbons (Fsp3) is 1.00. The van der Waals surface area contributed by atoms with Crippen molar-refractivity contribution in [3.05, 3.63) is 0 Å². The van der Waals surface area contributed by atoms with E-state index in [1.807, 2.05) is 0 Å². The van der Waals surface area contributed by atoms with Gasteiger partial charge in [0.05, 0.1) is 11.5 Å². The van der Waals surface area contributed by atoms with Crippen molar-refractivity contribution in [1.29, 1.82) is 0 Å². The van der Waals surface area contributed by atoms with Gasteiger partial charge in [-0.05, 0) is 26.7 Å². The van der Waals surface area contributed by atoms with Gasteiger partial charge >= 0.3 is 0 Å². The SMILES string of the molecule is CC(C)(N)C1(F)CCCS(=O)(=O)C1.